The van der Waals surface area contributed by atoms with E-state index in [-0.39, 0.29) is 26.4 Å². The summed E-state index contributed by atoms with van der Waals surface area (Å²) in [6, 6.07) is 29.1. The van der Waals surface area contributed by atoms with Crippen LogP contribution in [0.2, 0.25) is 0 Å². The molecule has 0 aromatic heterocycles. The number of carbonyl (C=O) groups is 2. The first-order valence-corrected chi connectivity index (χ1v) is 14.0. The maximum atomic E-state index is 12.3. The summed E-state index contributed by atoms with van der Waals surface area (Å²) < 4.78 is 43.4. The maximum absolute atomic E-state index is 12.3. The predicted octanol–water partition coefficient (Wildman–Crippen LogP) is 4.36. The highest BCUT2D eigenvalue weighted by Crippen LogP contribution is 2.46. The number of carbonyl (C=O) groups excluding carboxylic acids is 2. The van der Waals surface area contributed by atoms with Gasteiger partial charge in [-0.3, -0.25) is 9.59 Å². The van der Waals surface area contributed by atoms with Crippen molar-refractivity contribution in [1.82, 2.24) is 0 Å². The van der Waals surface area contributed by atoms with E-state index in [1.807, 2.05) is 91.0 Å². The minimum atomic E-state index is -1.27. The van der Waals surface area contributed by atoms with Crippen LogP contribution < -0.4 is 0 Å². The first kappa shape index (κ1) is 29.9. The second kappa shape index (κ2) is 14.0. The molecule has 0 saturated carbocycles. The molecule has 6 atom stereocenters. The van der Waals surface area contributed by atoms with Gasteiger partial charge in [0.1, 0.15) is 24.9 Å². The molecule has 2 heterocycles. The fourth-order valence-corrected chi connectivity index (χ4v) is 5.40. The van der Waals surface area contributed by atoms with Crippen LogP contribution >= 0.6 is 0 Å². The number of ether oxygens (including phenoxy) is 7. The Morgan fingerprint density at radius 3 is 1.76 bits per heavy atom. The van der Waals surface area contributed by atoms with Gasteiger partial charge in [0.05, 0.1) is 26.4 Å². The number of hydrogen-bond donors (Lipinski definition) is 0. The van der Waals surface area contributed by atoms with Gasteiger partial charge in [0.2, 0.25) is 0 Å². The third kappa shape index (κ3) is 7.24. The Bertz CT molecular complexity index is 1290. The lowest BCUT2D eigenvalue weighted by Crippen LogP contribution is -2.63. The first-order chi connectivity index (χ1) is 20.4. The Morgan fingerprint density at radius 1 is 0.714 bits per heavy atom. The van der Waals surface area contributed by atoms with E-state index >= 15 is 0 Å². The predicted molar refractivity (Wildman–Crippen MR) is 151 cm³/mol. The SMILES string of the molecule is CC(=O)OC[C@H]1O[C@H]2O[C@](COCc3ccccc3)([C@H](OCc3ccccc3)[C@H]2OC(C)=O)[C@@H]1OCc1ccccc1. The normalized spacial score (nSPS) is 26.5. The van der Waals surface area contributed by atoms with Gasteiger partial charge in [0.15, 0.2) is 18.0 Å². The quantitative estimate of drug-likeness (QED) is 0.275. The monoisotopic (exact) mass is 576 g/mol. The maximum Gasteiger partial charge on any atom is 0.303 e. The van der Waals surface area contributed by atoms with Crippen molar-refractivity contribution in [2.75, 3.05) is 13.2 Å². The molecule has 2 aliphatic rings. The summed E-state index contributed by atoms with van der Waals surface area (Å²) in [5.41, 5.74) is 1.57. The number of esters is 2. The molecule has 0 aliphatic carbocycles. The molecule has 222 valence electrons. The third-order valence-corrected chi connectivity index (χ3v) is 7.25. The highest BCUT2D eigenvalue weighted by atomic mass is 16.8. The van der Waals surface area contributed by atoms with Crippen molar-refractivity contribution >= 4 is 11.9 Å². The van der Waals surface area contributed by atoms with Crippen molar-refractivity contribution in [1.29, 1.82) is 0 Å². The molecule has 42 heavy (non-hydrogen) atoms. The second-order valence-electron chi connectivity index (χ2n) is 10.4. The van der Waals surface area contributed by atoms with Gasteiger partial charge in [-0.25, -0.2) is 0 Å². The molecule has 2 fully saturated rings. The topological polar surface area (TPSA) is 98.8 Å². The van der Waals surface area contributed by atoms with Crippen molar-refractivity contribution in [2.45, 2.75) is 70.0 Å². The summed E-state index contributed by atoms with van der Waals surface area (Å²) in [6.07, 6.45) is -4.31. The Morgan fingerprint density at radius 2 is 1.24 bits per heavy atom. The van der Waals surface area contributed by atoms with Crippen LogP contribution in [0.5, 0.6) is 0 Å². The molecule has 2 bridgehead atoms. The van der Waals surface area contributed by atoms with Crippen molar-refractivity contribution in [3.8, 4) is 0 Å². The van der Waals surface area contributed by atoms with Gasteiger partial charge in [-0.15, -0.1) is 0 Å². The zero-order valence-corrected chi connectivity index (χ0v) is 23.8. The Labute approximate surface area is 245 Å². The van der Waals surface area contributed by atoms with Crippen LogP contribution in [0.25, 0.3) is 0 Å². The Kier molecular flexibility index (Phi) is 9.99. The molecule has 3 aromatic rings. The van der Waals surface area contributed by atoms with E-state index in [1.54, 1.807) is 0 Å². The van der Waals surface area contributed by atoms with Crippen LogP contribution in [0, 0.1) is 0 Å². The standard InChI is InChI=1S/C33H36O9/c1-23(34)37-21-28-30(38-19-26-14-8-4-9-15-26)33(22-36-18-25-12-6-3-7-13-25)31(39-20-27-16-10-5-11-17-27)29(40-24(2)35)32(41-28)42-33/h3-17,28-32H,18-22H2,1-2H3/t28-,29-,30-,31-,32+,33+/m1/s1. The van der Waals surface area contributed by atoms with Crippen molar-refractivity contribution < 1.29 is 42.7 Å². The van der Waals surface area contributed by atoms with E-state index < -0.39 is 48.2 Å². The average Bonchev–Trinajstić information content (AvgIpc) is 3.23. The zero-order valence-electron chi connectivity index (χ0n) is 23.8. The minimum absolute atomic E-state index is 0.0367. The molecule has 2 aliphatic heterocycles. The summed E-state index contributed by atoms with van der Waals surface area (Å²) >= 11 is 0. The van der Waals surface area contributed by atoms with Crippen LogP contribution in [-0.4, -0.2) is 61.5 Å². The fourth-order valence-electron chi connectivity index (χ4n) is 5.40. The Balaban J connectivity index is 1.50. The van der Waals surface area contributed by atoms with E-state index in [0.29, 0.717) is 6.61 Å². The van der Waals surface area contributed by atoms with Crippen molar-refractivity contribution in [2.24, 2.45) is 0 Å². The molecule has 0 radical (unpaired) electrons. The van der Waals surface area contributed by atoms with E-state index in [1.165, 1.54) is 13.8 Å². The largest absolute Gasteiger partial charge is 0.463 e. The lowest BCUT2D eigenvalue weighted by atomic mass is 9.87. The van der Waals surface area contributed by atoms with Gasteiger partial charge in [0.25, 0.3) is 0 Å². The van der Waals surface area contributed by atoms with Gasteiger partial charge < -0.3 is 33.2 Å². The smallest absolute Gasteiger partial charge is 0.303 e. The molecule has 9 nitrogen and oxygen atoms in total. The van der Waals surface area contributed by atoms with Crippen molar-refractivity contribution in [3.05, 3.63) is 108 Å². The minimum Gasteiger partial charge on any atom is -0.463 e. The molecule has 9 heteroatoms. The van der Waals surface area contributed by atoms with E-state index in [9.17, 15) is 9.59 Å². The summed E-state index contributed by atoms with van der Waals surface area (Å²) in [5.74, 6) is -0.964. The van der Waals surface area contributed by atoms with Crippen LogP contribution in [-0.2, 0) is 62.6 Å². The molecule has 0 N–H and O–H groups in total. The summed E-state index contributed by atoms with van der Waals surface area (Å²) in [6.45, 7) is 3.36. The number of benzene rings is 3. The molecule has 0 spiro atoms. The highest BCUT2D eigenvalue weighted by Gasteiger charge is 2.68. The average molecular weight is 577 g/mol. The van der Waals surface area contributed by atoms with Gasteiger partial charge in [-0.05, 0) is 16.7 Å². The van der Waals surface area contributed by atoms with E-state index in [2.05, 4.69) is 0 Å². The third-order valence-electron chi connectivity index (χ3n) is 7.25. The summed E-state index contributed by atoms with van der Waals surface area (Å²) in [5, 5.41) is 0. The lowest BCUT2D eigenvalue weighted by molar-refractivity contribution is -0.329. The van der Waals surface area contributed by atoms with Gasteiger partial charge in [-0.1, -0.05) is 91.0 Å². The molecule has 2 saturated heterocycles. The first-order valence-electron chi connectivity index (χ1n) is 14.0. The lowest BCUT2D eigenvalue weighted by Gasteiger charge is -2.45. The summed E-state index contributed by atoms with van der Waals surface area (Å²) in [4.78, 5) is 24.1. The van der Waals surface area contributed by atoms with Gasteiger partial charge >= 0.3 is 11.9 Å². The summed E-state index contributed by atoms with van der Waals surface area (Å²) in [7, 11) is 0. The molecular formula is C33H36O9. The Hall–Kier alpha value is -3.60. The number of fused-ring (bicyclic) bond motifs is 2. The number of rotatable bonds is 13. The molecule has 3 aromatic carbocycles. The molecule has 0 amide bonds. The number of hydrogen-bond acceptors (Lipinski definition) is 9. The van der Waals surface area contributed by atoms with Crippen LogP contribution in [0.1, 0.15) is 30.5 Å². The fraction of sp³-hybridized carbons (Fsp3) is 0.394. The van der Waals surface area contributed by atoms with Crippen LogP contribution in [0.15, 0.2) is 91.0 Å². The molecular weight excluding hydrogens is 540 g/mol. The van der Waals surface area contributed by atoms with Crippen LogP contribution in [0.4, 0.5) is 0 Å². The van der Waals surface area contributed by atoms with Gasteiger partial charge in [-0.2, -0.15) is 0 Å². The molecule has 5 rings (SSSR count). The molecule has 0 unspecified atom stereocenters. The second-order valence-corrected chi connectivity index (χ2v) is 10.4. The zero-order chi connectivity index (χ0) is 29.4. The van der Waals surface area contributed by atoms with Gasteiger partial charge in [0, 0.05) is 13.8 Å². The van der Waals surface area contributed by atoms with E-state index in [4.69, 9.17) is 33.2 Å². The highest BCUT2D eigenvalue weighted by molar-refractivity contribution is 5.66. The van der Waals surface area contributed by atoms with Crippen LogP contribution in [0.3, 0.4) is 0 Å². The van der Waals surface area contributed by atoms with Crippen molar-refractivity contribution in [3.63, 3.8) is 0 Å². The van der Waals surface area contributed by atoms with E-state index in [0.717, 1.165) is 16.7 Å².